The molecule has 1 aromatic heterocycles. The summed E-state index contributed by atoms with van der Waals surface area (Å²) in [5, 5.41) is 0.499. The quantitative estimate of drug-likeness (QED) is 0.693. The minimum absolute atomic E-state index is 0.462. The summed E-state index contributed by atoms with van der Waals surface area (Å²) in [5.41, 5.74) is 11.6. The van der Waals surface area contributed by atoms with Crippen molar-refractivity contribution in [1.29, 1.82) is 0 Å². The molecule has 0 saturated carbocycles. The molecule has 0 spiro atoms. The lowest BCUT2D eigenvalue weighted by molar-refractivity contribution is -0.123. The first kappa shape index (κ1) is 13.2. The maximum Gasteiger partial charge on any atom is 0.237 e. The number of hydrogen-bond donors (Lipinski definition) is 2. The molecule has 2 rings (SSSR count). The predicted octanol–water partition coefficient (Wildman–Crippen LogP) is -0.688. The van der Waals surface area contributed by atoms with Crippen LogP contribution in [0.25, 0.3) is 0 Å². The molecular formula is C11H14BClN4O. The molecule has 4 N–H and O–H groups in total. The molecule has 7 heteroatoms. The zero-order chi connectivity index (χ0) is 13.3. The van der Waals surface area contributed by atoms with Crippen LogP contribution >= 0.6 is 11.6 Å². The number of aromatic nitrogens is 1. The number of hydrogen-bond acceptors (Lipinski definition) is 4. The lowest BCUT2D eigenvalue weighted by atomic mass is 9.86. The van der Waals surface area contributed by atoms with Gasteiger partial charge >= 0.3 is 0 Å². The Kier molecular flexibility index (Phi) is 3.50. The average Bonchev–Trinajstić information content (AvgIpc) is 2.31. The number of nitrogens with two attached hydrogens (primary N) is 2. The van der Waals surface area contributed by atoms with Gasteiger partial charge in [-0.25, -0.2) is 0 Å². The van der Waals surface area contributed by atoms with E-state index < -0.39 is 11.4 Å². The fourth-order valence-corrected chi connectivity index (χ4v) is 2.44. The van der Waals surface area contributed by atoms with Gasteiger partial charge in [-0.3, -0.25) is 9.78 Å². The summed E-state index contributed by atoms with van der Waals surface area (Å²) >= 11 is 6.09. The highest BCUT2D eigenvalue weighted by Crippen LogP contribution is 2.27. The van der Waals surface area contributed by atoms with Crippen molar-refractivity contribution in [3.8, 4) is 0 Å². The van der Waals surface area contributed by atoms with E-state index in [2.05, 4.69) is 4.98 Å². The molecule has 0 atom stereocenters. The first-order valence-corrected chi connectivity index (χ1v) is 6.04. The second-order valence-electron chi connectivity index (χ2n) is 4.57. The molecule has 2 radical (unpaired) electrons. The standard InChI is InChI=1S/C11H14BClN4O/c12-7-5-16-6-8(13)9(7)17-3-1-11(15,2-4-17)10(14)18/h5-6H,1-4,15H2,(H2,14,18). The number of pyridine rings is 1. The summed E-state index contributed by atoms with van der Waals surface area (Å²) in [6.07, 6.45) is 4.08. The van der Waals surface area contributed by atoms with Gasteiger partial charge in [-0.2, -0.15) is 0 Å². The van der Waals surface area contributed by atoms with Gasteiger partial charge in [0.1, 0.15) is 7.85 Å². The van der Waals surface area contributed by atoms with Gasteiger partial charge in [0.2, 0.25) is 5.91 Å². The molecule has 0 unspecified atom stereocenters. The Balaban J connectivity index is 2.18. The van der Waals surface area contributed by atoms with Crippen LogP contribution in [0.15, 0.2) is 12.4 Å². The molecule has 5 nitrogen and oxygen atoms in total. The van der Waals surface area contributed by atoms with E-state index in [9.17, 15) is 4.79 Å². The van der Waals surface area contributed by atoms with Crippen molar-refractivity contribution in [1.82, 2.24) is 4.98 Å². The molecule has 1 aliphatic heterocycles. The minimum atomic E-state index is -0.926. The van der Waals surface area contributed by atoms with Crippen LogP contribution in [0.5, 0.6) is 0 Å². The highest BCUT2D eigenvalue weighted by Gasteiger charge is 2.36. The monoisotopic (exact) mass is 264 g/mol. The van der Waals surface area contributed by atoms with Gasteiger partial charge in [0.15, 0.2) is 0 Å². The van der Waals surface area contributed by atoms with E-state index >= 15 is 0 Å². The van der Waals surface area contributed by atoms with Gasteiger partial charge in [0.25, 0.3) is 0 Å². The van der Waals surface area contributed by atoms with Crippen LogP contribution in [0.3, 0.4) is 0 Å². The third-order valence-electron chi connectivity index (χ3n) is 3.36. The van der Waals surface area contributed by atoms with E-state index in [-0.39, 0.29) is 0 Å². The van der Waals surface area contributed by atoms with E-state index in [1.807, 2.05) is 4.90 Å². The first-order chi connectivity index (χ1) is 8.44. The maximum absolute atomic E-state index is 11.3. The van der Waals surface area contributed by atoms with Gasteiger partial charge in [-0.05, 0) is 12.8 Å². The number of amides is 1. The van der Waals surface area contributed by atoms with Crippen molar-refractivity contribution in [2.75, 3.05) is 18.0 Å². The largest absolute Gasteiger partial charge is 0.371 e. The summed E-state index contributed by atoms with van der Waals surface area (Å²) in [6.45, 7) is 1.18. The Bertz CT molecular complexity index is 454. The molecule has 94 valence electrons. The van der Waals surface area contributed by atoms with Crippen molar-refractivity contribution in [3.05, 3.63) is 17.4 Å². The SMILES string of the molecule is [B]c1cncc(Cl)c1N1CCC(N)(C(N)=O)CC1. The molecule has 1 aliphatic rings. The third-order valence-corrected chi connectivity index (χ3v) is 3.64. The molecule has 18 heavy (non-hydrogen) atoms. The number of primary amides is 1. The van der Waals surface area contributed by atoms with Crippen molar-refractivity contribution in [3.63, 3.8) is 0 Å². The summed E-state index contributed by atoms with van der Waals surface area (Å²) in [6, 6.07) is 0. The van der Waals surface area contributed by atoms with Crippen LogP contribution in [0.4, 0.5) is 5.69 Å². The van der Waals surface area contributed by atoms with Gasteiger partial charge in [-0.15, -0.1) is 0 Å². The van der Waals surface area contributed by atoms with Gasteiger partial charge in [0.05, 0.1) is 16.2 Å². The smallest absolute Gasteiger partial charge is 0.237 e. The number of rotatable bonds is 2. The van der Waals surface area contributed by atoms with E-state index in [0.717, 1.165) is 5.69 Å². The number of nitrogens with zero attached hydrogens (tertiary/aromatic N) is 2. The molecule has 1 fully saturated rings. The maximum atomic E-state index is 11.3. The summed E-state index contributed by atoms with van der Waals surface area (Å²) < 4.78 is 0. The second kappa shape index (κ2) is 4.78. The number of carbonyl (C=O) groups excluding carboxylic acids is 1. The van der Waals surface area contributed by atoms with Crippen LogP contribution in [-0.2, 0) is 4.79 Å². The summed E-state index contributed by atoms with van der Waals surface area (Å²) in [5.74, 6) is -0.462. The van der Waals surface area contributed by atoms with E-state index in [1.54, 1.807) is 12.4 Å². The normalized spacial score (nSPS) is 18.7. The molecule has 1 saturated heterocycles. The Morgan fingerprint density at radius 3 is 2.56 bits per heavy atom. The Hall–Kier alpha value is -1.27. The first-order valence-electron chi connectivity index (χ1n) is 5.67. The zero-order valence-corrected chi connectivity index (χ0v) is 10.7. The molecule has 1 amide bonds. The number of piperidine rings is 1. The molecule has 1 aromatic rings. The zero-order valence-electron chi connectivity index (χ0n) is 9.90. The highest BCUT2D eigenvalue weighted by atomic mass is 35.5. The van der Waals surface area contributed by atoms with Crippen molar-refractivity contribution in [2.24, 2.45) is 11.5 Å². The molecule has 0 aliphatic carbocycles. The molecule has 0 bridgehead atoms. The van der Waals surface area contributed by atoms with Crippen LogP contribution in [-0.4, -0.2) is 37.4 Å². The fourth-order valence-electron chi connectivity index (χ4n) is 2.15. The van der Waals surface area contributed by atoms with Crippen LogP contribution in [0, 0.1) is 0 Å². The Labute approximate surface area is 112 Å². The molecule has 2 heterocycles. The fraction of sp³-hybridized carbons (Fsp3) is 0.455. The van der Waals surface area contributed by atoms with Gasteiger partial charge < -0.3 is 16.4 Å². The van der Waals surface area contributed by atoms with Gasteiger partial charge in [0, 0.05) is 25.5 Å². The highest BCUT2D eigenvalue weighted by molar-refractivity contribution is 6.41. The van der Waals surface area contributed by atoms with Crippen LogP contribution < -0.4 is 21.8 Å². The second-order valence-corrected chi connectivity index (χ2v) is 4.97. The molecule has 0 aromatic carbocycles. The van der Waals surface area contributed by atoms with Gasteiger partial charge in [-0.1, -0.05) is 17.1 Å². The summed E-state index contributed by atoms with van der Waals surface area (Å²) in [7, 11) is 5.87. The number of halogens is 1. The Morgan fingerprint density at radius 2 is 2.06 bits per heavy atom. The third kappa shape index (κ3) is 2.30. The minimum Gasteiger partial charge on any atom is -0.371 e. The Morgan fingerprint density at radius 1 is 1.44 bits per heavy atom. The van der Waals surface area contributed by atoms with Crippen LogP contribution in [0.1, 0.15) is 12.8 Å². The van der Waals surface area contributed by atoms with E-state index in [0.29, 0.717) is 36.4 Å². The van der Waals surface area contributed by atoms with Crippen LogP contribution in [0.2, 0.25) is 5.02 Å². The number of anilines is 1. The predicted molar refractivity (Wildman–Crippen MR) is 72.2 cm³/mol. The van der Waals surface area contributed by atoms with E-state index in [4.69, 9.17) is 30.9 Å². The van der Waals surface area contributed by atoms with Crippen molar-refractivity contribution in [2.45, 2.75) is 18.4 Å². The summed E-state index contributed by atoms with van der Waals surface area (Å²) in [4.78, 5) is 17.2. The van der Waals surface area contributed by atoms with Crippen molar-refractivity contribution < 1.29 is 4.79 Å². The molecular weight excluding hydrogens is 250 g/mol. The average molecular weight is 265 g/mol. The topological polar surface area (TPSA) is 85.2 Å². The van der Waals surface area contributed by atoms with Crippen molar-refractivity contribution >= 4 is 36.5 Å². The lowest BCUT2D eigenvalue weighted by Gasteiger charge is -2.39. The lowest BCUT2D eigenvalue weighted by Crippen LogP contribution is -2.58. The van der Waals surface area contributed by atoms with E-state index in [1.165, 1.54) is 0 Å². The number of carbonyl (C=O) groups is 1.